The average molecular weight is 310 g/mol. The molecule has 4 nitrogen and oxygen atoms in total. The summed E-state index contributed by atoms with van der Waals surface area (Å²) in [4.78, 5) is 6.44. The third-order valence-corrected chi connectivity index (χ3v) is 4.36. The molecule has 0 aliphatic carbocycles. The first-order valence-corrected chi connectivity index (χ1v) is 7.26. The second kappa shape index (κ2) is 5.75. The van der Waals surface area contributed by atoms with E-state index in [1.807, 2.05) is 11.6 Å². The third-order valence-electron chi connectivity index (χ3n) is 4.01. The number of hydrogen-bond acceptors (Lipinski definition) is 3. The molecule has 112 valence electrons. The maximum absolute atomic E-state index is 13.1. The molecule has 1 saturated heterocycles. The van der Waals surface area contributed by atoms with E-state index >= 15 is 0 Å². The number of rotatable bonds is 3. The largest absolute Gasteiger partial charge is 0.392 e. The van der Waals surface area contributed by atoms with E-state index in [1.54, 1.807) is 18.3 Å². The van der Waals surface area contributed by atoms with E-state index in [4.69, 9.17) is 11.6 Å². The van der Waals surface area contributed by atoms with E-state index in [2.05, 4.69) is 9.88 Å². The number of aromatic nitrogens is 2. The van der Waals surface area contributed by atoms with Crippen LogP contribution in [-0.2, 0) is 13.6 Å². The molecular weight excluding hydrogens is 293 g/mol. The number of hydrogen-bond donors (Lipinski definition) is 1. The summed E-state index contributed by atoms with van der Waals surface area (Å²) in [5.41, 5.74) is 1.01. The predicted octanol–water partition coefficient (Wildman–Crippen LogP) is 2.52. The zero-order valence-electron chi connectivity index (χ0n) is 11.7. The third kappa shape index (κ3) is 2.95. The molecular formula is C15H17ClFN3O. The van der Waals surface area contributed by atoms with Gasteiger partial charge in [-0.15, -0.1) is 0 Å². The number of halogens is 2. The van der Waals surface area contributed by atoms with E-state index < -0.39 is 0 Å². The number of likely N-dealkylation sites (tertiary alicyclic amines) is 1. The van der Waals surface area contributed by atoms with Crippen LogP contribution in [0, 0.1) is 5.82 Å². The van der Waals surface area contributed by atoms with Crippen molar-refractivity contribution in [2.45, 2.75) is 25.1 Å². The van der Waals surface area contributed by atoms with Crippen molar-refractivity contribution in [3.63, 3.8) is 0 Å². The lowest BCUT2D eigenvalue weighted by atomic mass is 10.0. The molecule has 21 heavy (non-hydrogen) atoms. The first-order valence-electron chi connectivity index (χ1n) is 6.88. The van der Waals surface area contributed by atoms with Gasteiger partial charge in [-0.05, 0) is 24.1 Å². The maximum Gasteiger partial charge on any atom is 0.128 e. The van der Waals surface area contributed by atoms with Crippen molar-refractivity contribution >= 4 is 11.6 Å². The van der Waals surface area contributed by atoms with Crippen LogP contribution in [0.15, 0.2) is 30.5 Å². The van der Waals surface area contributed by atoms with Crippen LogP contribution in [-0.4, -0.2) is 32.2 Å². The molecule has 1 fully saturated rings. The summed E-state index contributed by atoms with van der Waals surface area (Å²) in [5, 5.41) is 10.6. The normalized spacial score (nSPS) is 22.9. The lowest BCUT2D eigenvalue weighted by molar-refractivity contribution is 0.171. The van der Waals surface area contributed by atoms with Gasteiger partial charge in [0.1, 0.15) is 16.8 Å². The Balaban J connectivity index is 1.82. The van der Waals surface area contributed by atoms with Gasteiger partial charge in [0.05, 0.1) is 18.8 Å². The SMILES string of the molecule is Cn1c(Cl)cnc1CN1C[C@@H](O)C[C@@H]1c1ccc(F)cc1. The topological polar surface area (TPSA) is 41.3 Å². The van der Waals surface area contributed by atoms with Crippen LogP contribution in [0.1, 0.15) is 23.9 Å². The van der Waals surface area contributed by atoms with Crippen molar-refractivity contribution in [2.24, 2.45) is 7.05 Å². The molecule has 1 aliphatic heterocycles. The Labute approximate surface area is 127 Å². The lowest BCUT2D eigenvalue weighted by Gasteiger charge is -2.24. The summed E-state index contributed by atoms with van der Waals surface area (Å²) in [6, 6.07) is 6.52. The maximum atomic E-state index is 13.1. The Morgan fingerprint density at radius 3 is 2.71 bits per heavy atom. The molecule has 0 amide bonds. The molecule has 0 spiro atoms. The predicted molar refractivity (Wildman–Crippen MR) is 78.4 cm³/mol. The van der Waals surface area contributed by atoms with Crippen molar-refractivity contribution in [3.8, 4) is 0 Å². The van der Waals surface area contributed by atoms with E-state index in [9.17, 15) is 9.50 Å². The van der Waals surface area contributed by atoms with Crippen LogP contribution in [0.4, 0.5) is 4.39 Å². The summed E-state index contributed by atoms with van der Waals surface area (Å²) >= 11 is 6.01. The fourth-order valence-electron chi connectivity index (χ4n) is 2.84. The first kappa shape index (κ1) is 14.5. The molecule has 0 saturated carbocycles. The molecule has 0 radical (unpaired) electrons. The zero-order valence-corrected chi connectivity index (χ0v) is 12.5. The van der Waals surface area contributed by atoms with Gasteiger partial charge in [0, 0.05) is 19.6 Å². The van der Waals surface area contributed by atoms with E-state index in [-0.39, 0.29) is 18.0 Å². The molecule has 0 bridgehead atoms. The van der Waals surface area contributed by atoms with Crippen LogP contribution in [0.3, 0.4) is 0 Å². The van der Waals surface area contributed by atoms with Crippen LogP contribution in [0.5, 0.6) is 0 Å². The van der Waals surface area contributed by atoms with Gasteiger partial charge in [0.15, 0.2) is 0 Å². The summed E-state index contributed by atoms with van der Waals surface area (Å²) in [6.45, 7) is 1.18. The molecule has 1 N–H and O–H groups in total. The quantitative estimate of drug-likeness (QED) is 0.947. The highest BCUT2D eigenvalue weighted by atomic mass is 35.5. The number of aliphatic hydroxyl groups excluding tert-OH is 1. The molecule has 3 rings (SSSR count). The average Bonchev–Trinajstić information content (AvgIpc) is 2.97. The van der Waals surface area contributed by atoms with Crippen LogP contribution in [0.25, 0.3) is 0 Å². The summed E-state index contributed by atoms with van der Waals surface area (Å²) in [7, 11) is 1.87. The molecule has 1 aromatic carbocycles. The standard InChI is InChI=1S/C15H17ClFN3O/c1-19-14(16)7-18-15(19)9-20-8-12(21)6-13(20)10-2-4-11(17)5-3-10/h2-5,7,12-13,21H,6,8-9H2,1H3/t12-,13+/m0/s1. The van der Waals surface area contributed by atoms with Crippen molar-refractivity contribution in [1.29, 1.82) is 0 Å². The number of benzene rings is 1. The van der Waals surface area contributed by atoms with E-state index in [0.717, 1.165) is 11.4 Å². The lowest BCUT2D eigenvalue weighted by Crippen LogP contribution is -2.25. The summed E-state index contributed by atoms with van der Waals surface area (Å²) < 4.78 is 14.9. The Bertz CT molecular complexity index is 628. The fourth-order valence-corrected chi connectivity index (χ4v) is 2.98. The molecule has 1 aromatic heterocycles. The minimum absolute atomic E-state index is 0.0658. The number of imidazole rings is 1. The summed E-state index contributed by atoms with van der Waals surface area (Å²) in [5.74, 6) is 0.598. The second-order valence-corrected chi connectivity index (χ2v) is 5.83. The minimum atomic E-state index is -0.379. The Morgan fingerprint density at radius 1 is 1.38 bits per heavy atom. The fraction of sp³-hybridized carbons (Fsp3) is 0.400. The van der Waals surface area contributed by atoms with Gasteiger partial charge in [-0.1, -0.05) is 23.7 Å². The monoisotopic (exact) mass is 309 g/mol. The van der Waals surface area contributed by atoms with Gasteiger partial charge >= 0.3 is 0 Å². The van der Waals surface area contributed by atoms with E-state index in [1.165, 1.54) is 12.1 Å². The highest BCUT2D eigenvalue weighted by molar-refractivity contribution is 6.29. The van der Waals surface area contributed by atoms with Gasteiger partial charge in [-0.3, -0.25) is 4.90 Å². The second-order valence-electron chi connectivity index (χ2n) is 5.44. The number of aliphatic hydroxyl groups is 1. The van der Waals surface area contributed by atoms with Crippen molar-refractivity contribution < 1.29 is 9.50 Å². The zero-order chi connectivity index (χ0) is 15.0. The van der Waals surface area contributed by atoms with Gasteiger partial charge in [-0.2, -0.15) is 0 Å². The number of β-amino-alcohol motifs (C(OH)–C–C–N with tert-alkyl or cyclic N) is 1. The van der Waals surface area contributed by atoms with Crippen LogP contribution in [0.2, 0.25) is 5.15 Å². The van der Waals surface area contributed by atoms with Crippen molar-refractivity contribution in [1.82, 2.24) is 14.5 Å². The highest BCUT2D eigenvalue weighted by Crippen LogP contribution is 2.33. The minimum Gasteiger partial charge on any atom is -0.392 e. The van der Waals surface area contributed by atoms with Crippen molar-refractivity contribution in [3.05, 3.63) is 52.8 Å². The number of nitrogens with zero attached hydrogens (tertiary/aromatic N) is 3. The Kier molecular flexibility index (Phi) is 3.97. The molecule has 2 aromatic rings. The van der Waals surface area contributed by atoms with Crippen molar-refractivity contribution in [2.75, 3.05) is 6.54 Å². The molecule has 1 aliphatic rings. The molecule has 6 heteroatoms. The molecule has 2 atom stereocenters. The van der Waals surface area contributed by atoms with Gasteiger partial charge in [-0.25, -0.2) is 9.37 Å². The Morgan fingerprint density at radius 2 is 2.10 bits per heavy atom. The summed E-state index contributed by atoms with van der Waals surface area (Å²) in [6.07, 6.45) is 1.89. The first-order chi connectivity index (χ1) is 10.0. The van der Waals surface area contributed by atoms with Gasteiger partial charge < -0.3 is 9.67 Å². The van der Waals surface area contributed by atoms with Crippen LogP contribution < -0.4 is 0 Å². The van der Waals surface area contributed by atoms with Gasteiger partial charge in [0.2, 0.25) is 0 Å². The van der Waals surface area contributed by atoms with Gasteiger partial charge in [0.25, 0.3) is 0 Å². The highest BCUT2D eigenvalue weighted by Gasteiger charge is 2.32. The van der Waals surface area contributed by atoms with Crippen LogP contribution >= 0.6 is 11.6 Å². The molecule has 0 unspecified atom stereocenters. The van der Waals surface area contributed by atoms with E-state index in [0.29, 0.717) is 24.7 Å². The smallest absolute Gasteiger partial charge is 0.128 e. The molecule has 2 heterocycles. The Hall–Kier alpha value is -1.43.